The van der Waals surface area contributed by atoms with Crippen LogP contribution in [-0.4, -0.2) is 43.0 Å². The van der Waals surface area contributed by atoms with E-state index in [1.807, 2.05) is 20.8 Å². The van der Waals surface area contributed by atoms with E-state index in [2.05, 4.69) is 21.8 Å². The van der Waals surface area contributed by atoms with E-state index in [9.17, 15) is 9.18 Å². The van der Waals surface area contributed by atoms with Crippen molar-refractivity contribution < 1.29 is 18.8 Å². The van der Waals surface area contributed by atoms with Crippen LogP contribution in [-0.2, 0) is 15.0 Å². The normalized spacial score (nSPS) is 20.4. The molecule has 1 saturated heterocycles. The van der Waals surface area contributed by atoms with Gasteiger partial charge in [-0.05, 0) is 51.3 Å². The van der Waals surface area contributed by atoms with E-state index < -0.39 is 11.0 Å². The summed E-state index contributed by atoms with van der Waals surface area (Å²) in [7, 11) is 1.44. The average Bonchev–Trinajstić information content (AvgIpc) is 2.58. The number of likely N-dealkylation sites (tertiary alicyclic amines) is 1. The van der Waals surface area contributed by atoms with Crippen molar-refractivity contribution in [2.24, 2.45) is 5.16 Å². The Morgan fingerprint density at radius 2 is 2.04 bits per heavy atom. The largest absolute Gasteiger partial charge is 0.444 e. The van der Waals surface area contributed by atoms with Gasteiger partial charge in [-0.2, -0.15) is 0 Å². The highest BCUT2D eigenvalue weighted by Crippen LogP contribution is 2.34. The number of amides is 1. The quantitative estimate of drug-likeness (QED) is 0.459. The highest BCUT2D eigenvalue weighted by atomic mass is 19.1. The summed E-state index contributed by atoms with van der Waals surface area (Å²) in [6, 6.07) is 6.26. The molecule has 140 valence electrons. The first-order chi connectivity index (χ1) is 12.3. The first-order valence-electron chi connectivity index (χ1n) is 8.57. The van der Waals surface area contributed by atoms with Crippen LogP contribution >= 0.6 is 0 Å². The van der Waals surface area contributed by atoms with Gasteiger partial charge >= 0.3 is 6.09 Å². The lowest BCUT2D eigenvalue weighted by Crippen LogP contribution is -2.49. The monoisotopic (exact) mass is 360 g/mol. The van der Waals surface area contributed by atoms with E-state index >= 15 is 0 Å². The fraction of sp³-hybridized carbons (Fsp3) is 0.500. The average molecular weight is 360 g/mol. The summed E-state index contributed by atoms with van der Waals surface area (Å²) in [5.41, 5.74) is -0.308. The molecule has 0 N–H and O–H groups in total. The van der Waals surface area contributed by atoms with Gasteiger partial charge in [-0.15, -0.1) is 0 Å². The number of carbonyl (C=O) groups excluding carboxylic acids is 1. The lowest BCUT2D eigenvalue weighted by Gasteiger charge is -2.40. The molecular weight excluding hydrogens is 335 g/mol. The number of ether oxygens (including phenoxy) is 1. The van der Waals surface area contributed by atoms with Crippen molar-refractivity contribution in [1.82, 2.24) is 4.90 Å². The number of nitrogens with zero attached hydrogens (tertiary/aromatic N) is 2. The predicted molar refractivity (Wildman–Crippen MR) is 98.4 cm³/mol. The van der Waals surface area contributed by atoms with Crippen LogP contribution in [0.3, 0.4) is 0 Å². The highest BCUT2D eigenvalue weighted by Gasteiger charge is 2.38. The number of oxime groups is 1. The Morgan fingerprint density at radius 3 is 2.65 bits per heavy atom. The van der Waals surface area contributed by atoms with Crippen molar-refractivity contribution in [3.63, 3.8) is 0 Å². The zero-order valence-corrected chi connectivity index (χ0v) is 15.7. The number of halogens is 1. The van der Waals surface area contributed by atoms with E-state index in [0.29, 0.717) is 13.1 Å². The minimum atomic E-state index is -0.609. The summed E-state index contributed by atoms with van der Waals surface area (Å²) in [6.45, 7) is 6.49. The Hall–Kier alpha value is -2.55. The van der Waals surface area contributed by atoms with Crippen LogP contribution in [0.4, 0.5) is 9.18 Å². The molecule has 1 unspecified atom stereocenters. The minimum Gasteiger partial charge on any atom is -0.444 e. The van der Waals surface area contributed by atoms with Gasteiger partial charge in [0.2, 0.25) is 0 Å². The van der Waals surface area contributed by atoms with E-state index in [1.165, 1.54) is 25.5 Å². The topological polar surface area (TPSA) is 51.1 Å². The van der Waals surface area contributed by atoms with Crippen molar-refractivity contribution in [1.29, 1.82) is 0 Å². The fourth-order valence-corrected chi connectivity index (χ4v) is 2.97. The van der Waals surface area contributed by atoms with Gasteiger partial charge in [-0.1, -0.05) is 29.1 Å². The first kappa shape index (κ1) is 19.8. The van der Waals surface area contributed by atoms with Gasteiger partial charge in [-0.25, -0.2) is 9.18 Å². The number of carbonyl (C=O) groups is 1. The van der Waals surface area contributed by atoms with Gasteiger partial charge in [0.05, 0.1) is 5.41 Å². The lowest BCUT2D eigenvalue weighted by atomic mass is 9.74. The molecule has 5 nitrogen and oxygen atoms in total. The van der Waals surface area contributed by atoms with Crippen LogP contribution in [0.5, 0.6) is 0 Å². The SMILES string of the molecule is CO/N=C/C#CC1(c2ccc(F)cc2)CCCN(C(=O)OC(C)(C)C)C1. The lowest BCUT2D eigenvalue weighted by molar-refractivity contribution is 0.0168. The molecular formula is C20H25FN2O3. The summed E-state index contributed by atoms with van der Waals surface area (Å²) in [5.74, 6) is 5.77. The van der Waals surface area contributed by atoms with Crippen LogP contribution in [0.25, 0.3) is 0 Å². The molecule has 6 heteroatoms. The van der Waals surface area contributed by atoms with Crippen LogP contribution in [0.1, 0.15) is 39.2 Å². The standard InChI is InChI=1S/C20H25FN2O3/c1-19(2,3)26-18(24)23-14-6-12-20(15-23,11-5-13-22-25-4)16-7-9-17(21)10-8-16/h7-10,13H,6,12,14-15H2,1-4H3/b22-13+. The number of benzene rings is 1. The zero-order valence-electron chi connectivity index (χ0n) is 15.7. The molecule has 1 heterocycles. The molecule has 0 aliphatic carbocycles. The van der Waals surface area contributed by atoms with Gasteiger partial charge in [0.25, 0.3) is 0 Å². The second kappa shape index (κ2) is 8.22. The highest BCUT2D eigenvalue weighted by molar-refractivity contribution is 5.78. The Balaban J connectivity index is 2.33. The number of piperidine rings is 1. The van der Waals surface area contributed by atoms with Crippen LogP contribution in [0.15, 0.2) is 29.4 Å². The zero-order chi connectivity index (χ0) is 19.2. The summed E-state index contributed by atoms with van der Waals surface area (Å²) in [6.07, 6.45) is 2.53. The maximum atomic E-state index is 13.4. The number of hydrogen-bond acceptors (Lipinski definition) is 4. The molecule has 1 aromatic rings. The van der Waals surface area contributed by atoms with Crippen molar-refractivity contribution in [3.05, 3.63) is 35.6 Å². The molecule has 1 aromatic carbocycles. The van der Waals surface area contributed by atoms with Crippen LogP contribution < -0.4 is 0 Å². The predicted octanol–water partition coefficient (Wildman–Crippen LogP) is 3.73. The molecule has 1 aliphatic heterocycles. The van der Waals surface area contributed by atoms with Crippen LogP contribution in [0, 0.1) is 17.7 Å². The van der Waals surface area contributed by atoms with Crippen molar-refractivity contribution in [3.8, 4) is 11.8 Å². The second-order valence-corrected chi connectivity index (χ2v) is 7.28. The van der Waals surface area contributed by atoms with E-state index in [0.717, 1.165) is 18.4 Å². The van der Waals surface area contributed by atoms with E-state index in [4.69, 9.17) is 4.74 Å². The van der Waals surface area contributed by atoms with Gasteiger partial charge < -0.3 is 14.5 Å². The van der Waals surface area contributed by atoms with Crippen LogP contribution in [0.2, 0.25) is 0 Å². The Bertz CT molecular complexity index is 713. The van der Waals surface area contributed by atoms with Crippen molar-refractivity contribution >= 4 is 12.3 Å². The van der Waals surface area contributed by atoms with E-state index in [-0.39, 0.29) is 11.9 Å². The van der Waals surface area contributed by atoms with Gasteiger partial charge in [-0.3, -0.25) is 0 Å². The second-order valence-electron chi connectivity index (χ2n) is 7.28. The summed E-state index contributed by atoms with van der Waals surface area (Å²) in [5, 5.41) is 3.63. The third-order valence-corrected chi connectivity index (χ3v) is 4.07. The third kappa shape index (κ3) is 5.22. The Labute approximate surface area is 154 Å². The summed E-state index contributed by atoms with van der Waals surface area (Å²) in [4.78, 5) is 18.8. The molecule has 1 aliphatic rings. The van der Waals surface area contributed by atoms with Gasteiger partial charge in [0.15, 0.2) is 0 Å². The fourth-order valence-electron chi connectivity index (χ4n) is 2.97. The molecule has 0 aromatic heterocycles. The molecule has 1 atom stereocenters. The number of hydrogen-bond donors (Lipinski definition) is 0. The molecule has 1 amide bonds. The molecule has 0 saturated carbocycles. The number of rotatable bonds is 2. The van der Waals surface area contributed by atoms with Gasteiger partial charge in [0, 0.05) is 13.1 Å². The summed E-state index contributed by atoms with van der Waals surface area (Å²) < 4.78 is 18.9. The molecule has 0 radical (unpaired) electrons. The molecule has 2 rings (SSSR count). The molecule has 1 fully saturated rings. The van der Waals surface area contributed by atoms with Crippen molar-refractivity contribution in [2.75, 3.05) is 20.2 Å². The molecule has 26 heavy (non-hydrogen) atoms. The minimum absolute atomic E-state index is 0.308. The van der Waals surface area contributed by atoms with Crippen molar-refractivity contribution in [2.45, 2.75) is 44.6 Å². The smallest absolute Gasteiger partial charge is 0.410 e. The Kier molecular flexibility index (Phi) is 6.25. The third-order valence-electron chi connectivity index (χ3n) is 4.07. The van der Waals surface area contributed by atoms with E-state index in [1.54, 1.807) is 17.0 Å². The first-order valence-corrected chi connectivity index (χ1v) is 8.57. The summed E-state index contributed by atoms with van der Waals surface area (Å²) >= 11 is 0. The maximum Gasteiger partial charge on any atom is 0.410 e. The Morgan fingerprint density at radius 1 is 1.35 bits per heavy atom. The van der Waals surface area contributed by atoms with Gasteiger partial charge in [0.1, 0.15) is 24.7 Å². The molecule has 0 bridgehead atoms. The maximum absolute atomic E-state index is 13.4. The molecule has 0 spiro atoms.